The van der Waals surface area contributed by atoms with Crippen LogP contribution in [0.5, 0.6) is 0 Å². The van der Waals surface area contributed by atoms with E-state index in [1.165, 1.54) is 18.4 Å². The van der Waals surface area contributed by atoms with E-state index < -0.39 is 24.4 Å². The number of benzene rings is 1. The van der Waals surface area contributed by atoms with E-state index in [9.17, 15) is 14.4 Å². The van der Waals surface area contributed by atoms with Gasteiger partial charge in [0.25, 0.3) is 11.8 Å². The summed E-state index contributed by atoms with van der Waals surface area (Å²) >= 11 is 0. The van der Waals surface area contributed by atoms with Crippen LogP contribution in [-0.2, 0) is 16.6 Å². The van der Waals surface area contributed by atoms with Crippen molar-refractivity contribution in [1.29, 1.82) is 0 Å². The second kappa shape index (κ2) is 8.64. The summed E-state index contributed by atoms with van der Waals surface area (Å²) in [6, 6.07) is 7.87. The van der Waals surface area contributed by atoms with Crippen LogP contribution >= 0.6 is 0 Å². The van der Waals surface area contributed by atoms with Gasteiger partial charge in [0.15, 0.2) is 12.4 Å². The number of anilines is 2. The maximum absolute atomic E-state index is 12.4. The molecule has 0 aliphatic heterocycles. The molecule has 0 unspecified atom stereocenters. The van der Waals surface area contributed by atoms with Gasteiger partial charge in [-0.25, -0.2) is 4.79 Å². The summed E-state index contributed by atoms with van der Waals surface area (Å²) < 4.78 is 11.8. The highest BCUT2D eigenvalue weighted by Gasteiger charge is 2.16. The SMILES string of the molecule is Cc1ccc(C(=O)OCC(=O)Nc2c(C)nn(C)c2C)cc1NC(=O)c1ccco1. The van der Waals surface area contributed by atoms with Gasteiger partial charge in [-0.2, -0.15) is 5.10 Å². The number of nitrogens with one attached hydrogen (secondary N) is 2. The third kappa shape index (κ3) is 4.57. The first-order chi connectivity index (χ1) is 14.3. The molecule has 156 valence electrons. The number of aryl methyl sites for hydroxylation is 3. The van der Waals surface area contributed by atoms with Gasteiger partial charge in [0.05, 0.1) is 28.9 Å². The van der Waals surface area contributed by atoms with Crippen LogP contribution in [0.1, 0.15) is 37.9 Å². The molecule has 3 aromatic rings. The number of esters is 1. The average molecular weight is 410 g/mol. The minimum atomic E-state index is -0.682. The zero-order valence-corrected chi connectivity index (χ0v) is 17.1. The fraction of sp³-hybridized carbons (Fsp3) is 0.238. The van der Waals surface area contributed by atoms with E-state index in [1.54, 1.807) is 43.8 Å². The van der Waals surface area contributed by atoms with E-state index in [-0.39, 0.29) is 11.3 Å². The molecule has 0 radical (unpaired) electrons. The Morgan fingerprint density at radius 3 is 2.53 bits per heavy atom. The number of ether oxygens (including phenoxy) is 1. The third-order valence-corrected chi connectivity index (χ3v) is 4.57. The lowest BCUT2D eigenvalue weighted by Gasteiger charge is -2.10. The van der Waals surface area contributed by atoms with Crippen LogP contribution in [0.2, 0.25) is 0 Å². The summed E-state index contributed by atoms with van der Waals surface area (Å²) in [7, 11) is 1.78. The zero-order valence-electron chi connectivity index (χ0n) is 17.1. The minimum absolute atomic E-state index is 0.153. The summed E-state index contributed by atoms with van der Waals surface area (Å²) in [5.41, 5.74) is 3.46. The summed E-state index contributed by atoms with van der Waals surface area (Å²) in [6.45, 7) is 4.94. The van der Waals surface area contributed by atoms with Crippen molar-refractivity contribution in [3.63, 3.8) is 0 Å². The molecule has 3 rings (SSSR count). The largest absolute Gasteiger partial charge is 0.459 e. The molecule has 30 heavy (non-hydrogen) atoms. The van der Waals surface area contributed by atoms with Crippen molar-refractivity contribution in [3.05, 3.63) is 64.9 Å². The number of carbonyl (C=O) groups is 3. The molecule has 0 fully saturated rings. The highest BCUT2D eigenvalue weighted by Crippen LogP contribution is 2.20. The van der Waals surface area contributed by atoms with Crippen LogP contribution in [0.4, 0.5) is 11.4 Å². The Morgan fingerprint density at radius 1 is 1.13 bits per heavy atom. The van der Waals surface area contributed by atoms with Gasteiger partial charge in [0.2, 0.25) is 0 Å². The van der Waals surface area contributed by atoms with Gasteiger partial charge >= 0.3 is 5.97 Å². The van der Waals surface area contributed by atoms with Crippen LogP contribution in [0.3, 0.4) is 0 Å². The molecule has 0 bridgehead atoms. The summed E-state index contributed by atoms with van der Waals surface area (Å²) in [5.74, 6) is -1.44. The molecule has 2 heterocycles. The van der Waals surface area contributed by atoms with Crippen LogP contribution in [0.25, 0.3) is 0 Å². The normalized spacial score (nSPS) is 10.5. The van der Waals surface area contributed by atoms with E-state index in [2.05, 4.69) is 15.7 Å². The van der Waals surface area contributed by atoms with E-state index in [0.29, 0.717) is 17.1 Å². The number of aromatic nitrogens is 2. The van der Waals surface area contributed by atoms with Gasteiger partial charge in [-0.1, -0.05) is 6.07 Å². The smallest absolute Gasteiger partial charge is 0.338 e. The van der Waals surface area contributed by atoms with Crippen LogP contribution < -0.4 is 10.6 Å². The second-order valence-electron chi connectivity index (χ2n) is 6.75. The van der Waals surface area contributed by atoms with Crippen molar-refractivity contribution in [2.45, 2.75) is 20.8 Å². The molecule has 0 saturated carbocycles. The van der Waals surface area contributed by atoms with Crippen molar-refractivity contribution < 1.29 is 23.5 Å². The lowest BCUT2D eigenvalue weighted by molar-refractivity contribution is -0.119. The predicted octanol–water partition coefficient (Wildman–Crippen LogP) is 2.99. The fourth-order valence-electron chi connectivity index (χ4n) is 2.82. The van der Waals surface area contributed by atoms with Gasteiger partial charge in [-0.15, -0.1) is 0 Å². The Bertz CT molecular complexity index is 1100. The van der Waals surface area contributed by atoms with Crippen molar-refractivity contribution in [2.24, 2.45) is 7.05 Å². The molecule has 0 atom stereocenters. The van der Waals surface area contributed by atoms with E-state index >= 15 is 0 Å². The molecule has 9 nitrogen and oxygen atoms in total. The van der Waals surface area contributed by atoms with Crippen molar-refractivity contribution >= 4 is 29.2 Å². The Labute approximate surface area is 173 Å². The molecule has 2 aromatic heterocycles. The number of carbonyl (C=O) groups excluding carboxylic acids is 3. The second-order valence-corrected chi connectivity index (χ2v) is 6.75. The van der Waals surface area contributed by atoms with E-state index in [1.807, 2.05) is 6.92 Å². The van der Waals surface area contributed by atoms with Crippen LogP contribution in [0, 0.1) is 20.8 Å². The maximum Gasteiger partial charge on any atom is 0.338 e. The van der Waals surface area contributed by atoms with Gasteiger partial charge in [0, 0.05) is 12.7 Å². The van der Waals surface area contributed by atoms with Crippen molar-refractivity contribution in [2.75, 3.05) is 17.2 Å². The Hall–Kier alpha value is -3.88. The molecule has 0 spiro atoms. The van der Waals surface area contributed by atoms with Gasteiger partial charge < -0.3 is 19.8 Å². The van der Waals surface area contributed by atoms with Gasteiger partial charge in [-0.05, 0) is 50.6 Å². The maximum atomic E-state index is 12.4. The zero-order chi connectivity index (χ0) is 21.8. The Kier molecular flexibility index (Phi) is 6.01. The van der Waals surface area contributed by atoms with Crippen LogP contribution in [0.15, 0.2) is 41.0 Å². The quantitative estimate of drug-likeness (QED) is 0.604. The molecule has 2 N–H and O–H groups in total. The van der Waals surface area contributed by atoms with E-state index in [4.69, 9.17) is 9.15 Å². The highest BCUT2D eigenvalue weighted by molar-refractivity contribution is 6.03. The number of amides is 2. The first-order valence-electron chi connectivity index (χ1n) is 9.19. The topological polar surface area (TPSA) is 115 Å². The van der Waals surface area contributed by atoms with Crippen molar-refractivity contribution in [1.82, 2.24) is 9.78 Å². The summed E-state index contributed by atoms with van der Waals surface area (Å²) in [6.07, 6.45) is 1.40. The minimum Gasteiger partial charge on any atom is -0.459 e. The first-order valence-corrected chi connectivity index (χ1v) is 9.19. The van der Waals surface area contributed by atoms with Crippen LogP contribution in [-0.4, -0.2) is 34.2 Å². The standard InChI is InChI=1S/C21H22N4O5/c1-12-7-8-15(10-16(12)22-20(27)17-6-5-9-29-17)21(28)30-11-18(26)23-19-13(2)24-25(4)14(19)3/h5-10H,11H2,1-4H3,(H,22,27)(H,23,26). The lowest BCUT2D eigenvalue weighted by Crippen LogP contribution is -2.21. The van der Waals surface area contributed by atoms with Gasteiger partial charge in [-0.3, -0.25) is 14.3 Å². The number of hydrogen-bond acceptors (Lipinski definition) is 6. The fourth-order valence-corrected chi connectivity index (χ4v) is 2.82. The predicted molar refractivity (Wildman–Crippen MR) is 109 cm³/mol. The number of hydrogen-bond donors (Lipinski definition) is 2. The Balaban J connectivity index is 1.62. The molecule has 9 heteroatoms. The molecule has 0 aliphatic carbocycles. The third-order valence-electron chi connectivity index (χ3n) is 4.57. The van der Waals surface area contributed by atoms with E-state index in [0.717, 1.165) is 11.3 Å². The Morgan fingerprint density at radius 2 is 1.90 bits per heavy atom. The summed E-state index contributed by atoms with van der Waals surface area (Å²) in [5, 5.41) is 9.61. The first kappa shape index (κ1) is 20.8. The summed E-state index contributed by atoms with van der Waals surface area (Å²) in [4.78, 5) is 36.7. The number of furan rings is 1. The molecule has 1 aromatic carbocycles. The van der Waals surface area contributed by atoms with Crippen molar-refractivity contribution in [3.8, 4) is 0 Å². The van der Waals surface area contributed by atoms with Gasteiger partial charge in [0.1, 0.15) is 0 Å². The number of rotatable bonds is 6. The molecular formula is C21H22N4O5. The molecule has 2 amide bonds. The highest BCUT2D eigenvalue weighted by atomic mass is 16.5. The molecule has 0 saturated heterocycles. The molecule has 0 aliphatic rings. The average Bonchev–Trinajstić information content (AvgIpc) is 3.33. The lowest BCUT2D eigenvalue weighted by atomic mass is 10.1. The molecular weight excluding hydrogens is 388 g/mol. The monoisotopic (exact) mass is 410 g/mol. The number of nitrogens with zero attached hydrogens (tertiary/aromatic N) is 2.